The molecule has 7 heteroatoms. The molecule has 1 heterocycles. The van der Waals surface area contributed by atoms with Crippen molar-refractivity contribution in [2.45, 2.75) is 32.7 Å². The smallest absolute Gasteiger partial charge is 0.188 e. The third kappa shape index (κ3) is 6.04. The number of likely N-dealkylation sites (tertiary alicyclic amines) is 1. The Balaban J connectivity index is 0.00000288. The second-order valence-electron chi connectivity index (χ2n) is 6.39. The number of hydrogen-bond donors (Lipinski definition) is 2. The van der Waals surface area contributed by atoms with E-state index in [1.807, 2.05) is 0 Å². The second-order valence-corrected chi connectivity index (χ2v) is 6.80. The molecule has 1 aromatic rings. The fourth-order valence-corrected chi connectivity index (χ4v) is 3.12. The van der Waals surface area contributed by atoms with Crippen LogP contribution in [0.3, 0.4) is 0 Å². The van der Waals surface area contributed by atoms with Crippen LogP contribution in [-0.4, -0.2) is 37.0 Å². The van der Waals surface area contributed by atoms with E-state index in [4.69, 9.17) is 17.3 Å². The van der Waals surface area contributed by atoms with Crippen molar-refractivity contribution in [3.63, 3.8) is 0 Å². The summed E-state index contributed by atoms with van der Waals surface area (Å²) in [5.74, 6) is 0.579. The van der Waals surface area contributed by atoms with Crippen LogP contribution in [0.5, 0.6) is 0 Å². The Morgan fingerprint density at radius 1 is 1.38 bits per heavy atom. The molecule has 3 N–H and O–H groups in total. The highest BCUT2D eigenvalue weighted by Crippen LogP contribution is 2.31. The number of rotatable bonds is 6. The zero-order valence-electron chi connectivity index (χ0n) is 14.3. The topological polar surface area (TPSA) is 53.6 Å². The zero-order valence-corrected chi connectivity index (χ0v) is 17.4. The van der Waals surface area contributed by atoms with E-state index in [2.05, 4.69) is 29.1 Å². The molecule has 136 valence electrons. The van der Waals surface area contributed by atoms with E-state index in [0.29, 0.717) is 35.6 Å². The molecule has 0 radical (unpaired) electrons. The summed E-state index contributed by atoms with van der Waals surface area (Å²) in [5, 5.41) is 3.59. The molecule has 4 nitrogen and oxygen atoms in total. The van der Waals surface area contributed by atoms with Gasteiger partial charge in [0, 0.05) is 23.7 Å². The molecule has 1 aromatic carbocycles. The molecule has 1 atom stereocenters. The molecule has 0 bridgehead atoms. The lowest BCUT2D eigenvalue weighted by Crippen LogP contribution is -2.40. The predicted octanol–water partition coefficient (Wildman–Crippen LogP) is 3.79. The van der Waals surface area contributed by atoms with Gasteiger partial charge in [0.15, 0.2) is 5.96 Å². The van der Waals surface area contributed by atoms with Crippen molar-refractivity contribution >= 4 is 41.5 Å². The third-order valence-electron chi connectivity index (χ3n) is 4.02. The summed E-state index contributed by atoms with van der Waals surface area (Å²) in [6, 6.07) is 4.69. The highest BCUT2D eigenvalue weighted by Gasteiger charge is 2.27. The Hall–Kier alpha value is -0.600. The fraction of sp³-hybridized carbons (Fsp3) is 0.588. The van der Waals surface area contributed by atoms with Crippen molar-refractivity contribution in [3.8, 4) is 0 Å². The Morgan fingerprint density at radius 3 is 2.62 bits per heavy atom. The molecule has 1 aliphatic heterocycles. The van der Waals surface area contributed by atoms with Crippen LogP contribution in [0, 0.1) is 11.7 Å². The Labute approximate surface area is 166 Å². The van der Waals surface area contributed by atoms with Crippen molar-refractivity contribution in [2.24, 2.45) is 16.6 Å². The normalized spacial score (nSPS) is 17.0. The molecule has 1 saturated heterocycles. The maximum atomic E-state index is 14.3. The lowest BCUT2D eigenvalue weighted by atomic mass is 10.0. The fourth-order valence-electron chi connectivity index (χ4n) is 2.83. The van der Waals surface area contributed by atoms with Gasteiger partial charge in [0.05, 0.1) is 6.04 Å². The van der Waals surface area contributed by atoms with Crippen LogP contribution in [0.2, 0.25) is 5.02 Å². The van der Waals surface area contributed by atoms with E-state index in [9.17, 15) is 4.39 Å². The van der Waals surface area contributed by atoms with E-state index in [1.54, 1.807) is 12.1 Å². The van der Waals surface area contributed by atoms with Crippen molar-refractivity contribution < 1.29 is 4.39 Å². The maximum absolute atomic E-state index is 14.3. The average molecular weight is 469 g/mol. The Morgan fingerprint density at radius 2 is 2.04 bits per heavy atom. The molecule has 0 spiro atoms. The van der Waals surface area contributed by atoms with Crippen molar-refractivity contribution in [2.75, 3.05) is 26.2 Å². The summed E-state index contributed by atoms with van der Waals surface area (Å²) in [5.41, 5.74) is 6.46. The van der Waals surface area contributed by atoms with Gasteiger partial charge in [0.2, 0.25) is 0 Å². The predicted molar refractivity (Wildman–Crippen MR) is 110 cm³/mol. The van der Waals surface area contributed by atoms with Gasteiger partial charge in [-0.2, -0.15) is 0 Å². The van der Waals surface area contributed by atoms with Gasteiger partial charge in [0.1, 0.15) is 5.82 Å². The molecule has 0 saturated carbocycles. The highest BCUT2D eigenvalue weighted by atomic mass is 127. The van der Waals surface area contributed by atoms with Crippen LogP contribution >= 0.6 is 35.6 Å². The number of benzene rings is 1. The van der Waals surface area contributed by atoms with Gasteiger partial charge in [-0.15, -0.1) is 24.0 Å². The lowest BCUT2D eigenvalue weighted by Gasteiger charge is -2.29. The molecule has 0 aromatic heterocycles. The first-order valence-electron chi connectivity index (χ1n) is 8.20. The van der Waals surface area contributed by atoms with E-state index in [-0.39, 0.29) is 35.8 Å². The number of hydrogen-bond acceptors (Lipinski definition) is 2. The summed E-state index contributed by atoms with van der Waals surface area (Å²) in [6.07, 6.45) is 2.25. The Bertz CT molecular complexity index is 527. The van der Waals surface area contributed by atoms with Crippen LogP contribution in [0.1, 0.15) is 38.3 Å². The number of nitrogens with one attached hydrogen (secondary N) is 1. The summed E-state index contributed by atoms with van der Waals surface area (Å²) in [7, 11) is 0. The highest BCUT2D eigenvalue weighted by molar-refractivity contribution is 14.0. The third-order valence-corrected chi connectivity index (χ3v) is 4.35. The number of halogens is 3. The molecular formula is C17H27ClFIN4. The minimum atomic E-state index is -0.270. The quantitative estimate of drug-likeness (QED) is 0.379. The Kier molecular flexibility index (Phi) is 9.30. The van der Waals surface area contributed by atoms with Gasteiger partial charge in [0.25, 0.3) is 0 Å². The summed E-state index contributed by atoms with van der Waals surface area (Å²) in [4.78, 5) is 6.56. The number of aliphatic imine (C=N–C) groups is 1. The monoisotopic (exact) mass is 468 g/mol. The molecule has 24 heavy (non-hydrogen) atoms. The maximum Gasteiger partial charge on any atom is 0.188 e. The minimum Gasteiger partial charge on any atom is -0.370 e. The van der Waals surface area contributed by atoms with Crippen molar-refractivity contribution in [1.29, 1.82) is 0 Å². The van der Waals surface area contributed by atoms with Crippen LogP contribution < -0.4 is 11.1 Å². The van der Waals surface area contributed by atoms with Crippen molar-refractivity contribution in [1.82, 2.24) is 10.2 Å². The molecular weight excluding hydrogens is 442 g/mol. The lowest BCUT2D eigenvalue weighted by molar-refractivity contribution is 0.240. The second kappa shape index (κ2) is 10.4. The summed E-state index contributed by atoms with van der Waals surface area (Å²) < 4.78 is 14.3. The van der Waals surface area contributed by atoms with Gasteiger partial charge in [-0.3, -0.25) is 9.89 Å². The van der Waals surface area contributed by atoms with Gasteiger partial charge in [-0.05, 0) is 44.0 Å². The summed E-state index contributed by atoms with van der Waals surface area (Å²) in [6.45, 7) is 7.23. The van der Waals surface area contributed by atoms with Crippen molar-refractivity contribution in [3.05, 3.63) is 34.6 Å². The molecule has 1 unspecified atom stereocenters. The minimum absolute atomic E-state index is 0. The summed E-state index contributed by atoms with van der Waals surface area (Å²) >= 11 is 6.26. The SMILES string of the molecule is CC(C)CN=C(N)NCC(c1c(F)cccc1Cl)N1CCCC1.I. The molecule has 1 fully saturated rings. The van der Waals surface area contributed by atoms with Gasteiger partial charge < -0.3 is 11.1 Å². The zero-order chi connectivity index (χ0) is 16.8. The largest absolute Gasteiger partial charge is 0.370 e. The molecule has 1 aliphatic rings. The van der Waals surface area contributed by atoms with E-state index in [1.165, 1.54) is 6.07 Å². The first-order chi connectivity index (χ1) is 11.0. The average Bonchev–Trinajstić information content (AvgIpc) is 3.02. The van der Waals surface area contributed by atoms with E-state index < -0.39 is 0 Å². The first kappa shape index (κ1) is 21.4. The van der Waals surface area contributed by atoms with Crippen LogP contribution in [-0.2, 0) is 0 Å². The van der Waals surface area contributed by atoms with E-state index in [0.717, 1.165) is 25.9 Å². The number of guanidine groups is 1. The van der Waals surface area contributed by atoms with Gasteiger partial charge >= 0.3 is 0 Å². The first-order valence-corrected chi connectivity index (χ1v) is 8.58. The van der Waals surface area contributed by atoms with Crippen LogP contribution in [0.25, 0.3) is 0 Å². The molecule has 2 rings (SSSR count). The van der Waals surface area contributed by atoms with E-state index >= 15 is 0 Å². The van der Waals surface area contributed by atoms with Crippen LogP contribution in [0.15, 0.2) is 23.2 Å². The molecule has 0 aliphatic carbocycles. The number of nitrogens with two attached hydrogens (primary N) is 1. The van der Waals surface area contributed by atoms with Gasteiger partial charge in [-0.25, -0.2) is 4.39 Å². The van der Waals surface area contributed by atoms with Crippen LogP contribution in [0.4, 0.5) is 4.39 Å². The standard InChI is InChI=1S/C17H26ClFN4.HI/c1-12(2)10-21-17(20)22-11-15(23-8-3-4-9-23)16-13(18)6-5-7-14(16)19;/h5-7,12,15H,3-4,8-11H2,1-2H3,(H3,20,21,22);1H. The number of nitrogens with zero attached hydrogens (tertiary/aromatic N) is 2. The van der Waals surface area contributed by atoms with Gasteiger partial charge in [-0.1, -0.05) is 31.5 Å². The molecule has 0 amide bonds.